The van der Waals surface area contributed by atoms with E-state index in [-0.39, 0.29) is 5.56 Å². The first-order valence-corrected chi connectivity index (χ1v) is 4.38. The molecule has 0 saturated carbocycles. The maximum atomic E-state index is 10.8. The standard InChI is InChI=1S/C6H7NO3S/c1-11(10)7-3-2-5(4-7)6(8)9/h2-4H,1H3,(H,8,9). The molecule has 1 atom stereocenters. The Morgan fingerprint density at radius 1 is 1.82 bits per heavy atom. The molecule has 0 aliphatic carbocycles. The van der Waals surface area contributed by atoms with E-state index < -0.39 is 17.3 Å². The quantitative estimate of drug-likeness (QED) is 0.655. The first kappa shape index (κ1) is 8.16. The third-order valence-corrected chi connectivity index (χ3v) is 2.03. The van der Waals surface area contributed by atoms with Crippen LogP contribution in [-0.2, 0) is 11.4 Å². The van der Waals surface area contributed by atoms with Crippen LogP contribution in [-0.4, -0.2) is 25.9 Å². The van der Waals surface area contributed by atoms with Crippen LogP contribution in [0.15, 0.2) is 18.5 Å². The van der Waals surface area contributed by atoms with Gasteiger partial charge in [-0.3, -0.25) is 0 Å². The van der Waals surface area contributed by atoms with E-state index in [4.69, 9.17) is 5.11 Å². The summed E-state index contributed by atoms with van der Waals surface area (Å²) < 4.78 is 12.1. The van der Waals surface area contributed by atoms with Gasteiger partial charge in [-0.05, 0) is 6.07 Å². The highest BCUT2D eigenvalue weighted by atomic mass is 32.2. The number of nitrogens with zero attached hydrogens (tertiary/aromatic N) is 1. The van der Waals surface area contributed by atoms with E-state index >= 15 is 0 Å². The molecule has 1 unspecified atom stereocenters. The van der Waals surface area contributed by atoms with Crippen molar-refractivity contribution in [3.05, 3.63) is 24.0 Å². The Morgan fingerprint density at radius 2 is 2.45 bits per heavy atom. The van der Waals surface area contributed by atoms with Crippen LogP contribution in [0.5, 0.6) is 0 Å². The van der Waals surface area contributed by atoms with Crippen LogP contribution in [0.25, 0.3) is 0 Å². The molecule has 1 aromatic heterocycles. The Morgan fingerprint density at radius 3 is 2.73 bits per heavy atom. The first-order valence-electron chi connectivity index (χ1n) is 2.86. The summed E-state index contributed by atoms with van der Waals surface area (Å²) >= 11 is -1.17. The van der Waals surface area contributed by atoms with E-state index in [1.165, 1.54) is 28.7 Å². The van der Waals surface area contributed by atoms with E-state index in [2.05, 4.69) is 0 Å². The number of aromatic carboxylic acids is 1. The van der Waals surface area contributed by atoms with Crippen molar-refractivity contribution < 1.29 is 14.5 Å². The van der Waals surface area contributed by atoms with Crippen LogP contribution in [0.3, 0.4) is 0 Å². The molecule has 1 aromatic rings. The highest BCUT2D eigenvalue weighted by Gasteiger charge is 2.07. The van der Waals surface area contributed by atoms with Crippen molar-refractivity contribution in [2.75, 3.05) is 6.26 Å². The fourth-order valence-corrected chi connectivity index (χ4v) is 1.16. The second kappa shape index (κ2) is 2.98. The molecule has 0 aliphatic heterocycles. The van der Waals surface area contributed by atoms with Crippen LogP contribution in [0.1, 0.15) is 10.4 Å². The highest BCUT2D eigenvalue weighted by molar-refractivity contribution is 7.89. The summed E-state index contributed by atoms with van der Waals surface area (Å²) in [7, 11) is 0. The van der Waals surface area contributed by atoms with Crippen LogP contribution < -0.4 is 0 Å². The molecule has 1 rings (SSSR count). The first-order chi connectivity index (χ1) is 5.11. The molecular formula is C6H7NO3S. The molecule has 0 spiro atoms. The Kier molecular flexibility index (Phi) is 2.21. The SMILES string of the molecule is C[S+]([O-])n1ccc(C(=O)O)c1. The molecule has 0 fully saturated rings. The van der Waals surface area contributed by atoms with Gasteiger partial charge in [-0.1, -0.05) is 0 Å². The molecule has 0 aromatic carbocycles. The van der Waals surface area contributed by atoms with Crippen LogP contribution in [0, 0.1) is 0 Å². The number of aromatic nitrogens is 1. The van der Waals surface area contributed by atoms with Crippen LogP contribution in [0.4, 0.5) is 0 Å². The van der Waals surface area contributed by atoms with Gasteiger partial charge < -0.3 is 9.66 Å². The Hall–Kier alpha value is -0.940. The molecule has 0 bridgehead atoms. The molecule has 0 radical (unpaired) electrons. The van der Waals surface area contributed by atoms with Gasteiger partial charge in [0.1, 0.15) is 6.26 Å². The summed E-state index contributed by atoms with van der Waals surface area (Å²) in [5.41, 5.74) is 0.153. The van der Waals surface area contributed by atoms with Gasteiger partial charge in [-0.15, -0.1) is 0 Å². The van der Waals surface area contributed by atoms with Crippen LogP contribution >= 0.6 is 0 Å². The number of hydrogen-bond acceptors (Lipinski definition) is 2. The molecule has 1 heterocycles. The lowest BCUT2D eigenvalue weighted by molar-refractivity contribution is 0.0697. The van der Waals surface area contributed by atoms with Crippen molar-refractivity contribution in [3.63, 3.8) is 0 Å². The van der Waals surface area contributed by atoms with Gasteiger partial charge in [-0.25, -0.2) is 4.79 Å². The average molecular weight is 173 g/mol. The summed E-state index contributed by atoms with van der Waals surface area (Å²) in [4.78, 5) is 10.3. The molecule has 11 heavy (non-hydrogen) atoms. The molecule has 1 N–H and O–H groups in total. The number of carboxylic acids is 1. The minimum absolute atomic E-state index is 0.153. The summed E-state index contributed by atoms with van der Waals surface area (Å²) in [6.07, 6.45) is 4.28. The van der Waals surface area contributed by atoms with E-state index in [0.29, 0.717) is 0 Å². The van der Waals surface area contributed by atoms with Crippen molar-refractivity contribution >= 4 is 17.3 Å². The summed E-state index contributed by atoms with van der Waals surface area (Å²) in [5.74, 6) is -1.01. The second-order valence-corrected chi connectivity index (χ2v) is 3.26. The molecule has 4 nitrogen and oxygen atoms in total. The predicted molar refractivity (Wildman–Crippen MR) is 40.9 cm³/mol. The maximum Gasteiger partial charge on any atom is 0.337 e. The van der Waals surface area contributed by atoms with E-state index in [1.54, 1.807) is 0 Å². The van der Waals surface area contributed by atoms with Gasteiger partial charge in [0.15, 0.2) is 0 Å². The lowest BCUT2D eigenvalue weighted by atomic mass is 10.4. The van der Waals surface area contributed by atoms with E-state index in [1.807, 2.05) is 0 Å². The van der Waals surface area contributed by atoms with Gasteiger partial charge in [0.25, 0.3) is 0 Å². The zero-order valence-electron chi connectivity index (χ0n) is 5.85. The van der Waals surface area contributed by atoms with Crippen molar-refractivity contribution in [2.45, 2.75) is 0 Å². The molecule has 5 heteroatoms. The van der Waals surface area contributed by atoms with E-state index in [9.17, 15) is 9.35 Å². The predicted octanol–water partition coefficient (Wildman–Crippen LogP) is 0.328. The molecule has 0 aliphatic rings. The topological polar surface area (TPSA) is 65.3 Å². The van der Waals surface area contributed by atoms with Gasteiger partial charge in [0, 0.05) is 0 Å². The Labute approximate surface area is 66.8 Å². The van der Waals surface area contributed by atoms with E-state index in [0.717, 1.165) is 0 Å². The monoisotopic (exact) mass is 173 g/mol. The molecule has 0 amide bonds. The number of carbonyl (C=O) groups is 1. The number of rotatable bonds is 2. The minimum atomic E-state index is -1.17. The highest BCUT2D eigenvalue weighted by Crippen LogP contribution is 2.03. The second-order valence-electron chi connectivity index (χ2n) is 1.99. The van der Waals surface area contributed by atoms with Crippen molar-refractivity contribution in [2.24, 2.45) is 0 Å². The molecule has 60 valence electrons. The fraction of sp³-hybridized carbons (Fsp3) is 0.167. The smallest absolute Gasteiger partial charge is 0.337 e. The molecular weight excluding hydrogens is 166 g/mol. The fourth-order valence-electron chi connectivity index (χ4n) is 0.663. The molecule has 0 saturated heterocycles. The zero-order chi connectivity index (χ0) is 8.43. The van der Waals surface area contributed by atoms with Crippen molar-refractivity contribution in [1.82, 2.24) is 3.97 Å². The van der Waals surface area contributed by atoms with Gasteiger partial charge in [0.2, 0.25) is 0 Å². The van der Waals surface area contributed by atoms with Gasteiger partial charge in [0.05, 0.1) is 29.3 Å². The Balaban J connectivity index is 2.90. The van der Waals surface area contributed by atoms with Crippen molar-refractivity contribution in [1.29, 1.82) is 0 Å². The minimum Gasteiger partial charge on any atom is -0.593 e. The van der Waals surface area contributed by atoms with Gasteiger partial charge in [-0.2, -0.15) is 3.97 Å². The summed E-state index contributed by atoms with van der Waals surface area (Å²) in [6.45, 7) is 0. The zero-order valence-corrected chi connectivity index (χ0v) is 6.67. The third kappa shape index (κ3) is 1.75. The average Bonchev–Trinajstić information content (AvgIpc) is 2.33. The Bertz CT molecular complexity index is 269. The lowest BCUT2D eigenvalue weighted by Gasteiger charge is -2.01. The normalized spacial score (nSPS) is 12.9. The summed E-state index contributed by atoms with van der Waals surface area (Å²) in [5, 5.41) is 8.47. The number of hydrogen-bond donors (Lipinski definition) is 1. The van der Waals surface area contributed by atoms with Gasteiger partial charge >= 0.3 is 5.97 Å². The van der Waals surface area contributed by atoms with Crippen molar-refractivity contribution in [3.8, 4) is 0 Å². The summed E-state index contributed by atoms with van der Waals surface area (Å²) in [6, 6.07) is 1.41. The third-order valence-electron chi connectivity index (χ3n) is 1.21. The largest absolute Gasteiger partial charge is 0.593 e. The van der Waals surface area contributed by atoms with Crippen LogP contribution in [0.2, 0.25) is 0 Å². The number of carboxylic acid groups (broad SMARTS) is 1. The lowest BCUT2D eigenvalue weighted by Crippen LogP contribution is -2.07. The maximum absolute atomic E-state index is 10.8.